The van der Waals surface area contributed by atoms with Gasteiger partial charge in [0, 0.05) is 11.1 Å². The van der Waals surface area contributed by atoms with Gasteiger partial charge in [0.2, 0.25) is 5.78 Å². The molecular weight excluding hydrogens is 206 g/mol. The second kappa shape index (κ2) is 3.41. The van der Waals surface area contributed by atoms with Crippen LogP contribution >= 0.6 is 0 Å². The molecule has 0 aliphatic heterocycles. The number of carbonyl (C=O) groups is 2. The molecule has 2 N–H and O–H groups in total. The Kier molecular flexibility index (Phi) is 2.20. The Labute approximate surface area is 91.7 Å². The van der Waals surface area contributed by atoms with E-state index in [1.54, 1.807) is 18.2 Å². The average Bonchev–Trinajstić information content (AvgIpc) is 2.26. The van der Waals surface area contributed by atoms with Gasteiger partial charge in [0.25, 0.3) is 0 Å². The number of benzene rings is 1. The Morgan fingerprint density at radius 3 is 2.38 bits per heavy atom. The summed E-state index contributed by atoms with van der Waals surface area (Å²) in [5, 5.41) is 17.4. The van der Waals surface area contributed by atoms with Crippen LogP contribution in [-0.4, -0.2) is 22.4 Å². The number of hydrogen-bond donors (Lipinski definition) is 2. The minimum absolute atomic E-state index is 0.205. The fourth-order valence-electron chi connectivity index (χ4n) is 1.73. The Hall–Kier alpha value is -2.23. The normalized spacial score (nSPS) is 15.1. The first-order valence-corrected chi connectivity index (χ1v) is 4.71. The summed E-state index contributed by atoms with van der Waals surface area (Å²) in [5.74, 6) is -1.29. The Morgan fingerprint density at radius 1 is 1.25 bits per heavy atom. The molecule has 0 bridgehead atoms. The Morgan fingerprint density at radius 2 is 1.81 bits per heavy atom. The summed E-state index contributed by atoms with van der Waals surface area (Å²) in [5.41, 5.74) is -0.0731. The predicted molar refractivity (Wildman–Crippen MR) is 58.7 cm³/mol. The number of Topliss-reactive ketones (excluding diaryl/α,β-unsaturated/α-hetero) is 2. The summed E-state index contributed by atoms with van der Waals surface area (Å²) in [6, 6.07) is 6.39. The summed E-state index contributed by atoms with van der Waals surface area (Å²) in [6.07, 6.45) is 0. The quantitative estimate of drug-likeness (QED) is 0.749. The third kappa shape index (κ3) is 1.27. The van der Waals surface area contributed by atoms with Crippen molar-refractivity contribution in [1.82, 2.24) is 0 Å². The molecule has 0 radical (unpaired) electrons. The van der Waals surface area contributed by atoms with Crippen LogP contribution in [-0.2, 0) is 4.79 Å². The van der Waals surface area contributed by atoms with E-state index in [-0.39, 0.29) is 16.9 Å². The van der Waals surface area contributed by atoms with Crippen LogP contribution in [0.25, 0.3) is 5.76 Å². The largest absolute Gasteiger partial charge is 0.506 e. The van der Waals surface area contributed by atoms with Gasteiger partial charge in [-0.05, 0) is 6.92 Å². The lowest BCUT2D eigenvalue weighted by molar-refractivity contribution is -0.113. The van der Waals surface area contributed by atoms with Crippen molar-refractivity contribution < 1.29 is 14.7 Å². The predicted octanol–water partition coefficient (Wildman–Crippen LogP) is 1.76. The molecule has 0 saturated heterocycles. The molecule has 1 aromatic carbocycles. The highest BCUT2D eigenvalue weighted by Gasteiger charge is 2.31. The number of aliphatic hydroxyl groups excluding tert-OH is 1. The van der Waals surface area contributed by atoms with E-state index in [9.17, 15) is 14.7 Å². The van der Waals surface area contributed by atoms with Gasteiger partial charge in [0.1, 0.15) is 11.5 Å². The van der Waals surface area contributed by atoms with E-state index in [0.717, 1.165) is 0 Å². The van der Waals surface area contributed by atoms with Crippen molar-refractivity contribution in [3.8, 4) is 0 Å². The van der Waals surface area contributed by atoms with Crippen molar-refractivity contribution in [2.75, 3.05) is 0 Å². The van der Waals surface area contributed by atoms with Gasteiger partial charge < -0.3 is 5.11 Å². The number of allylic oxidation sites excluding steroid dienone is 1. The first kappa shape index (κ1) is 10.3. The lowest BCUT2D eigenvalue weighted by Crippen LogP contribution is -2.26. The standard InChI is InChI=1S/C12H9NO3/c1-6(14)9-10(13)12(16)8-5-3-2-4-7(8)11(9)15/h2-5,13,15H,1H3. The SMILES string of the molecule is CC(=O)C1=C(O)c2ccccc2C(=O)C1=N. The van der Waals surface area contributed by atoms with Crippen LogP contribution in [0.5, 0.6) is 0 Å². The summed E-state index contributed by atoms with van der Waals surface area (Å²) < 4.78 is 0. The number of rotatable bonds is 1. The van der Waals surface area contributed by atoms with Gasteiger partial charge in [0.15, 0.2) is 5.78 Å². The zero-order valence-corrected chi connectivity index (χ0v) is 8.57. The van der Waals surface area contributed by atoms with E-state index in [1.165, 1.54) is 13.0 Å². The monoisotopic (exact) mass is 215 g/mol. The molecule has 0 amide bonds. The highest BCUT2D eigenvalue weighted by molar-refractivity contribution is 6.58. The van der Waals surface area contributed by atoms with Gasteiger partial charge >= 0.3 is 0 Å². The van der Waals surface area contributed by atoms with E-state index < -0.39 is 17.3 Å². The van der Waals surface area contributed by atoms with Gasteiger partial charge in [0.05, 0.1) is 5.57 Å². The molecule has 0 fully saturated rings. The molecule has 0 spiro atoms. The van der Waals surface area contributed by atoms with Crippen LogP contribution in [0.4, 0.5) is 0 Å². The topological polar surface area (TPSA) is 78.2 Å². The molecule has 0 saturated carbocycles. The molecular formula is C12H9NO3. The summed E-state index contributed by atoms with van der Waals surface area (Å²) in [4.78, 5) is 23.0. The molecule has 80 valence electrons. The molecule has 0 aromatic heterocycles. The second-order valence-electron chi connectivity index (χ2n) is 3.53. The first-order chi connectivity index (χ1) is 7.54. The highest BCUT2D eigenvalue weighted by Crippen LogP contribution is 2.27. The zero-order valence-electron chi connectivity index (χ0n) is 8.57. The van der Waals surface area contributed by atoms with Crippen molar-refractivity contribution in [3.63, 3.8) is 0 Å². The zero-order chi connectivity index (χ0) is 11.9. The van der Waals surface area contributed by atoms with Crippen LogP contribution in [0.2, 0.25) is 0 Å². The lowest BCUT2D eigenvalue weighted by atomic mass is 9.86. The maximum atomic E-state index is 11.8. The van der Waals surface area contributed by atoms with Gasteiger partial charge in [-0.15, -0.1) is 0 Å². The molecule has 0 heterocycles. The maximum absolute atomic E-state index is 11.8. The highest BCUT2D eigenvalue weighted by atomic mass is 16.3. The lowest BCUT2D eigenvalue weighted by Gasteiger charge is -2.17. The molecule has 1 aromatic rings. The van der Waals surface area contributed by atoms with E-state index in [1.807, 2.05) is 0 Å². The number of nitrogens with one attached hydrogen (secondary N) is 1. The van der Waals surface area contributed by atoms with Gasteiger partial charge in [-0.25, -0.2) is 0 Å². The number of hydrogen-bond acceptors (Lipinski definition) is 4. The molecule has 4 nitrogen and oxygen atoms in total. The first-order valence-electron chi connectivity index (χ1n) is 4.71. The summed E-state index contributed by atoms with van der Waals surface area (Å²) in [7, 11) is 0. The van der Waals surface area contributed by atoms with Crippen LogP contribution in [0.3, 0.4) is 0 Å². The number of ketones is 2. The Balaban J connectivity index is 2.79. The van der Waals surface area contributed by atoms with Crippen LogP contribution < -0.4 is 0 Å². The van der Waals surface area contributed by atoms with Crippen molar-refractivity contribution in [2.24, 2.45) is 0 Å². The maximum Gasteiger partial charge on any atom is 0.212 e. The Bertz CT molecular complexity index is 555. The third-order valence-corrected chi connectivity index (χ3v) is 2.49. The molecule has 1 aliphatic rings. The van der Waals surface area contributed by atoms with Gasteiger partial charge in [-0.2, -0.15) is 0 Å². The van der Waals surface area contributed by atoms with Crippen LogP contribution in [0.1, 0.15) is 22.8 Å². The third-order valence-electron chi connectivity index (χ3n) is 2.49. The minimum atomic E-state index is -0.529. The van der Waals surface area contributed by atoms with Crippen molar-refractivity contribution >= 4 is 23.0 Å². The van der Waals surface area contributed by atoms with Gasteiger partial charge in [-0.1, -0.05) is 24.3 Å². The van der Waals surface area contributed by atoms with Crippen molar-refractivity contribution in [3.05, 3.63) is 41.0 Å². The number of carbonyl (C=O) groups excluding carboxylic acids is 2. The minimum Gasteiger partial charge on any atom is -0.506 e. The molecule has 16 heavy (non-hydrogen) atoms. The molecule has 4 heteroatoms. The van der Waals surface area contributed by atoms with Crippen molar-refractivity contribution in [1.29, 1.82) is 5.41 Å². The average molecular weight is 215 g/mol. The molecule has 2 rings (SSSR count). The van der Waals surface area contributed by atoms with Gasteiger partial charge in [-0.3, -0.25) is 15.0 Å². The van der Waals surface area contributed by atoms with E-state index in [4.69, 9.17) is 5.41 Å². The summed E-state index contributed by atoms with van der Waals surface area (Å²) >= 11 is 0. The smallest absolute Gasteiger partial charge is 0.212 e. The van der Waals surface area contributed by atoms with E-state index in [0.29, 0.717) is 5.56 Å². The molecule has 1 aliphatic carbocycles. The van der Waals surface area contributed by atoms with E-state index >= 15 is 0 Å². The van der Waals surface area contributed by atoms with Crippen LogP contribution in [0, 0.1) is 5.41 Å². The van der Waals surface area contributed by atoms with E-state index in [2.05, 4.69) is 0 Å². The molecule has 0 unspecified atom stereocenters. The fraction of sp³-hybridized carbons (Fsp3) is 0.0833. The molecule has 0 atom stereocenters. The van der Waals surface area contributed by atoms with Crippen LogP contribution in [0.15, 0.2) is 29.8 Å². The van der Waals surface area contributed by atoms with Crippen molar-refractivity contribution in [2.45, 2.75) is 6.92 Å². The number of aliphatic hydroxyl groups is 1. The second-order valence-corrected chi connectivity index (χ2v) is 3.53. The summed E-state index contributed by atoms with van der Waals surface area (Å²) in [6.45, 7) is 1.22. The fourth-order valence-corrected chi connectivity index (χ4v) is 1.73. The number of fused-ring (bicyclic) bond motifs is 1.